The first kappa shape index (κ1) is 13.6. The number of ether oxygens (including phenoxy) is 1. The molecule has 0 saturated carbocycles. The molecule has 0 aliphatic carbocycles. The highest BCUT2D eigenvalue weighted by Crippen LogP contribution is 2.33. The van der Waals surface area contributed by atoms with Crippen LogP contribution in [0.3, 0.4) is 0 Å². The molecule has 0 radical (unpaired) electrons. The zero-order valence-corrected chi connectivity index (χ0v) is 12.7. The first-order valence-electron chi connectivity index (χ1n) is 7.43. The molecule has 3 aromatic rings. The van der Waals surface area contributed by atoms with Gasteiger partial charge in [0.05, 0.1) is 29.6 Å². The van der Waals surface area contributed by atoms with Crippen molar-refractivity contribution in [3.8, 4) is 5.75 Å². The van der Waals surface area contributed by atoms with Crippen LogP contribution in [0.4, 0.5) is 11.4 Å². The topological polar surface area (TPSA) is 70.2 Å². The van der Waals surface area contributed by atoms with Gasteiger partial charge < -0.3 is 19.9 Å². The monoisotopic (exact) mass is 308 g/mol. The van der Waals surface area contributed by atoms with Crippen molar-refractivity contribution >= 4 is 28.3 Å². The Bertz CT molecular complexity index is 887. The van der Waals surface area contributed by atoms with Crippen molar-refractivity contribution in [1.29, 1.82) is 0 Å². The van der Waals surface area contributed by atoms with E-state index in [0.717, 1.165) is 34.7 Å². The van der Waals surface area contributed by atoms with Gasteiger partial charge in [0.1, 0.15) is 12.4 Å². The SMILES string of the molecule is CN1CCOc2ccc(NC(=O)c3ccc4nc[nH]c4c3)cc21. The molecule has 0 spiro atoms. The minimum Gasteiger partial charge on any atom is -0.490 e. The average Bonchev–Trinajstić information content (AvgIpc) is 3.03. The van der Waals surface area contributed by atoms with Crippen molar-refractivity contribution in [3.05, 3.63) is 48.3 Å². The second kappa shape index (κ2) is 5.31. The molecule has 0 saturated heterocycles. The van der Waals surface area contributed by atoms with Gasteiger partial charge in [-0.2, -0.15) is 0 Å². The average molecular weight is 308 g/mol. The van der Waals surface area contributed by atoms with Crippen molar-refractivity contribution in [2.45, 2.75) is 0 Å². The fourth-order valence-electron chi connectivity index (χ4n) is 2.71. The molecule has 116 valence electrons. The van der Waals surface area contributed by atoms with Crippen LogP contribution in [-0.2, 0) is 0 Å². The summed E-state index contributed by atoms with van der Waals surface area (Å²) < 4.78 is 5.61. The summed E-state index contributed by atoms with van der Waals surface area (Å²) in [5, 5.41) is 2.93. The van der Waals surface area contributed by atoms with Crippen LogP contribution in [0.5, 0.6) is 5.75 Å². The zero-order chi connectivity index (χ0) is 15.8. The van der Waals surface area contributed by atoms with E-state index in [0.29, 0.717) is 12.2 Å². The minimum atomic E-state index is -0.152. The number of H-pyrrole nitrogens is 1. The smallest absolute Gasteiger partial charge is 0.255 e. The lowest BCUT2D eigenvalue weighted by molar-refractivity contribution is 0.102. The van der Waals surface area contributed by atoms with Crippen molar-refractivity contribution in [2.24, 2.45) is 0 Å². The second-order valence-electron chi connectivity index (χ2n) is 5.54. The molecule has 0 bridgehead atoms. The van der Waals surface area contributed by atoms with Gasteiger partial charge in [-0.3, -0.25) is 4.79 Å². The third-order valence-electron chi connectivity index (χ3n) is 3.99. The van der Waals surface area contributed by atoms with Gasteiger partial charge in [0, 0.05) is 18.3 Å². The summed E-state index contributed by atoms with van der Waals surface area (Å²) in [6.45, 7) is 1.51. The molecule has 0 atom stereocenters. The normalized spacial score (nSPS) is 13.5. The number of carbonyl (C=O) groups is 1. The largest absolute Gasteiger partial charge is 0.490 e. The van der Waals surface area contributed by atoms with Crippen LogP contribution in [-0.4, -0.2) is 36.1 Å². The molecule has 23 heavy (non-hydrogen) atoms. The summed E-state index contributed by atoms with van der Waals surface area (Å²) >= 11 is 0. The predicted octanol–water partition coefficient (Wildman–Crippen LogP) is 2.64. The van der Waals surface area contributed by atoms with Crippen LogP contribution in [0.25, 0.3) is 11.0 Å². The molecule has 0 fully saturated rings. The summed E-state index contributed by atoms with van der Waals surface area (Å²) in [5.41, 5.74) is 4.00. The maximum atomic E-state index is 12.4. The van der Waals surface area contributed by atoms with Crippen LogP contribution in [0, 0.1) is 0 Å². The maximum Gasteiger partial charge on any atom is 0.255 e. The van der Waals surface area contributed by atoms with Crippen LogP contribution < -0.4 is 15.0 Å². The maximum absolute atomic E-state index is 12.4. The van der Waals surface area contributed by atoms with E-state index in [1.54, 1.807) is 18.5 Å². The molecule has 6 heteroatoms. The standard InChI is InChI=1S/C17H16N4O2/c1-21-6-7-23-16-5-3-12(9-15(16)21)20-17(22)11-2-4-13-14(8-11)19-10-18-13/h2-5,8-10H,6-7H2,1H3,(H,18,19)(H,20,22). The fourth-order valence-corrected chi connectivity index (χ4v) is 2.71. The number of anilines is 2. The molecular weight excluding hydrogens is 292 g/mol. The van der Waals surface area contributed by atoms with Gasteiger partial charge in [0.25, 0.3) is 5.91 Å². The number of aromatic nitrogens is 2. The number of amides is 1. The van der Waals surface area contributed by atoms with Gasteiger partial charge in [-0.25, -0.2) is 4.98 Å². The summed E-state index contributed by atoms with van der Waals surface area (Å²) in [5.74, 6) is 0.691. The number of fused-ring (bicyclic) bond motifs is 2. The molecule has 1 aromatic heterocycles. The van der Waals surface area contributed by atoms with Crippen molar-refractivity contribution in [1.82, 2.24) is 9.97 Å². The van der Waals surface area contributed by atoms with Gasteiger partial charge in [0.2, 0.25) is 0 Å². The quantitative estimate of drug-likeness (QED) is 0.763. The Morgan fingerprint density at radius 1 is 1.30 bits per heavy atom. The van der Waals surface area contributed by atoms with Crippen molar-refractivity contribution < 1.29 is 9.53 Å². The lowest BCUT2D eigenvalue weighted by Crippen LogP contribution is -2.28. The minimum absolute atomic E-state index is 0.152. The Morgan fingerprint density at radius 3 is 3.13 bits per heavy atom. The Morgan fingerprint density at radius 2 is 2.22 bits per heavy atom. The molecule has 0 unspecified atom stereocenters. The number of rotatable bonds is 2. The number of imidazole rings is 1. The van der Waals surface area contributed by atoms with Gasteiger partial charge in [0.15, 0.2) is 0 Å². The van der Waals surface area contributed by atoms with E-state index in [1.807, 2.05) is 31.3 Å². The molecule has 1 aliphatic heterocycles. The molecule has 2 N–H and O–H groups in total. The van der Waals surface area contributed by atoms with Gasteiger partial charge in [-0.15, -0.1) is 0 Å². The van der Waals surface area contributed by atoms with Gasteiger partial charge in [-0.05, 0) is 36.4 Å². The van der Waals surface area contributed by atoms with Crippen LogP contribution >= 0.6 is 0 Å². The Kier molecular flexibility index (Phi) is 3.15. The Hall–Kier alpha value is -3.02. The second-order valence-corrected chi connectivity index (χ2v) is 5.54. The summed E-state index contributed by atoms with van der Waals surface area (Å²) in [7, 11) is 2.01. The van der Waals surface area contributed by atoms with E-state index in [9.17, 15) is 4.79 Å². The van der Waals surface area contributed by atoms with E-state index in [2.05, 4.69) is 20.2 Å². The number of benzene rings is 2. The number of nitrogens with zero attached hydrogens (tertiary/aromatic N) is 2. The Balaban J connectivity index is 1.59. The highest BCUT2D eigenvalue weighted by molar-refractivity contribution is 6.06. The molecule has 6 nitrogen and oxygen atoms in total. The number of carbonyl (C=O) groups excluding carboxylic acids is 1. The first-order chi connectivity index (χ1) is 11.2. The van der Waals surface area contributed by atoms with E-state index >= 15 is 0 Å². The molecule has 4 rings (SSSR count). The number of likely N-dealkylation sites (N-methyl/N-ethyl adjacent to an activating group) is 1. The third-order valence-corrected chi connectivity index (χ3v) is 3.99. The van der Waals surface area contributed by atoms with Crippen LogP contribution in [0.2, 0.25) is 0 Å². The van der Waals surface area contributed by atoms with Crippen LogP contribution in [0.1, 0.15) is 10.4 Å². The van der Waals surface area contributed by atoms with E-state index in [-0.39, 0.29) is 5.91 Å². The summed E-state index contributed by atoms with van der Waals surface area (Å²) in [6.07, 6.45) is 1.62. The molecular formula is C17H16N4O2. The number of nitrogens with one attached hydrogen (secondary N) is 2. The van der Waals surface area contributed by atoms with Crippen molar-refractivity contribution in [2.75, 3.05) is 30.4 Å². The number of aromatic amines is 1. The molecule has 1 amide bonds. The summed E-state index contributed by atoms with van der Waals surface area (Å²) in [6, 6.07) is 11.1. The molecule has 2 heterocycles. The first-order valence-corrected chi connectivity index (χ1v) is 7.43. The van der Waals surface area contributed by atoms with Gasteiger partial charge in [-0.1, -0.05) is 0 Å². The van der Waals surface area contributed by atoms with E-state index in [4.69, 9.17) is 4.74 Å². The van der Waals surface area contributed by atoms with Crippen LogP contribution in [0.15, 0.2) is 42.7 Å². The number of hydrogen-bond donors (Lipinski definition) is 2. The highest BCUT2D eigenvalue weighted by atomic mass is 16.5. The third kappa shape index (κ3) is 2.48. The lowest BCUT2D eigenvalue weighted by Gasteiger charge is -2.28. The molecule has 1 aliphatic rings. The summed E-state index contributed by atoms with van der Waals surface area (Å²) in [4.78, 5) is 21.7. The molecule has 2 aromatic carbocycles. The van der Waals surface area contributed by atoms with Gasteiger partial charge >= 0.3 is 0 Å². The fraction of sp³-hybridized carbons (Fsp3) is 0.176. The Labute approximate surface area is 133 Å². The lowest BCUT2D eigenvalue weighted by atomic mass is 10.1. The number of hydrogen-bond acceptors (Lipinski definition) is 4. The van der Waals surface area contributed by atoms with E-state index < -0.39 is 0 Å². The highest BCUT2D eigenvalue weighted by Gasteiger charge is 2.16. The zero-order valence-electron chi connectivity index (χ0n) is 12.7. The van der Waals surface area contributed by atoms with E-state index in [1.165, 1.54) is 0 Å². The predicted molar refractivity (Wildman–Crippen MR) is 89.3 cm³/mol. The van der Waals surface area contributed by atoms with Crippen molar-refractivity contribution in [3.63, 3.8) is 0 Å².